The van der Waals surface area contributed by atoms with Gasteiger partial charge in [-0.05, 0) is 39.1 Å². The van der Waals surface area contributed by atoms with Gasteiger partial charge in [-0.3, -0.25) is 4.90 Å². The first-order valence-electron chi connectivity index (χ1n) is 6.33. The lowest BCUT2D eigenvalue weighted by atomic mass is 10.1. The van der Waals surface area contributed by atoms with E-state index in [4.69, 9.17) is 16.1 Å². The highest BCUT2D eigenvalue weighted by atomic mass is 35.5. The maximum atomic E-state index is 9.76. The number of aromatic nitrogens is 2. The number of rotatable bonds is 5. The molecule has 1 heterocycles. The summed E-state index contributed by atoms with van der Waals surface area (Å²) in [6.07, 6.45) is 0. The summed E-state index contributed by atoms with van der Waals surface area (Å²) in [6.45, 7) is 4.55. The predicted octanol–water partition coefficient (Wildman–Crippen LogP) is 2.59. The number of nitrogens with zero attached hydrogens (tertiary/aromatic N) is 3. The second kappa shape index (κ2) is 5.91. The van der Waals surface area contributed by atoms with Gasteiger partial charge >= 0.3 is 0 Å². The van der Waals surface area contributed by atoms with Crippen LogP contribution in [0.1, 0.15) is 19.7 Å². The van der Waals surface area contributed by atoms with Crippen molar-refractivity contribution in [2.75, 3.05) is 13.6 Å². The van der Waals surface area contributed by atoms with E-state index in [9.17, 15) is 5.11 Å². The highest BCUT2D eigenvalue weighted by Crippen LogP contribution is 2.21. The van der Waals surface area contributed by atoms with Crippen LogP contribution in [0.2, 0.25) is 5.02 Å². The van der Waals surface area contributed by atoms with E-state index in [2.05, 4.69) is 10.1 Å². The summed E-state index contributed by atoms with van der Waals surface area (Å²) in [5.41, 5.74) is 0.0373. The van der Waals surface area contributed by atoms with Crippen LogP contribution < -0.4 is 0 Å². The molecule has 1 aromatic heterocycles. The number of hydrogen-bond acceptors (Lipinski definition) is 5. The van der Waals surface area contributed by atoms with Crippen LogP contribution in [0, 0.1) is 0 Å². The van der Waals surface area contributed by atoms with Crippen LogP contribution >= 0.6 is 11.6 Å². The molecule has 0 aliphatic heterocycles. The summed E-state index contributed by atoms with van der Waals surface area (Å²) < 4.78 is 5.23. The number of benzene rings is 1. The lowest BCUT2D eigenvalue weighted by molar-refractivity contribution is 0.0416. The number of hydrogen-bond donors (Lipinski definition) is 1. The molecule has 108 valence electrons. The van der Waals surface area contributed by atoms with E-state index in [1.165, 1.54) is 0 Å². The van der Waals surface area contributed by atoms with E-state index >= 15 is 0 Å². The topological polar surface area (TPSA) is 62.4 Å². The highest BCUT2D eigenvalue weighted by Gasteiger charge is 2.17. The minimum atomic E-state index is -0.756. The Bertz CT molecular complexity index is 578. The molecular weight excluding hydrogens is 278 g/mol. The minimum absolute atomic E-state index is 0.444. The summed E-state index contributed by atoms with van der Waals surface area (Å²) in [5.74, 6) is 1.02. The Morgan fingerprint density at radius 2 is 2.15 bits per heavy atom. The Labute approximate surface area is 123 Å². The van der Waals surface area contributed by atoms with Crippen molar-refractivity contribution in [2.45, 2.75) is 26.0 Å². The first kappa shape index (κ1) is 15.0. The Hall–Kier alpha value is -1.43. The lowest BCUT2D eigenvalue weighted by Gasteiger charge is -2.24. The van der Waals surface area contributed by atoms with Crippen molar-refractivity contribution in [3.05, 3.63) is 35.1 Å². The van der Waals surface area contributed by atoms with Crippen molar-refractivity contribution >= 4 is 11.6 Å². The third-order valence-electron chi connectivity index (χ3n) is 2.61. The Kier molecular flexibility index (Phi) is 4.42. The van der Waals surface area contributed by atoms with Gasteiger partial charge in [-0.15, -0.1) is 0 Å². The normalized spacial score (nSPS) is 12.1. The third kappa shape index (κ3) is 4.30. The summed E-state index contributed by atoms with van der Waals surface area (Å²) >= 11 is 5.93. The third-order valence-corrected chi connectivity index (χ3v) is 2.84. The van der Waals surface area contributed by atoms with Crippen molar-refractivity contribution in [3.8, 4) is 11.5 Å². The van der Waals surface area contributed by atoms with Gasteiger partial charge in [0.15, 0.2) is 5.82 Å². The molecule has 1 N–H and O–H groups in total. The molecule has 2 rings (SSSR count). The van der Waals surface area contributed by atoms with E-state index in [0.717, 1.165) is 5.56 Å². The van der Waals surface area contributed by atoms with Crippen LogP contribution in [0.25, 0.3) is 11.5 Å². The molecule has 2 aromatic rings. The van der Waals surface area contributed by atoms with Gasteiger partial charge in [0.2, 0.25) is 0 Å². The van der Waals surface area contributed by atoms with E-state index in [-0.39, 0.29) is 0 Å². The van der Waals surface area contributed by atoms with Crippen molar-refractivity contribution in [1.29, 1.82) is 0 Å². The first-order chi connectivity index (χ1) is 9.33. The molecule has 0 amide bonds. The van der Waals surface area contributed by atoms with E-state index < -0.39 is 5.60 Å². The van der Waals surface area contributed by atoms with Crippen LogP contribution in [0.4, 0.5) is 0 Å². The van der Waals surface area contributed by atoms with Gasteiger partial charge in [0.05, 0.1) is 12.1 Å². The SMILES string of the molecule is CN(Cc1noc(-c2cccc(Cl)c2)n1)CC(C)(C)O. The molecular formula is C14H18ClN3O2. The predicted molar refractivity (Wildman–Crippen MR) is 77.4 cm³/mol. The maximum absolute atomic E-state index is 9.76. The molecule has 0 unspecified atom stereocenters. The minimum Gasteiger partial charge on any atom is -0.389 e. The fourth-order valence-electron chi connectivity index (χ4n) is 2.01. The van der Waals surface area contributed by atoms with Gasteiger partial charge in [-0.2, -0.15) is 4.98 Å². The molecule has 0 aliphatic carbocycles. The Morgan fingerprint density at radius 3 is 2.80 bits per heavy atom. The van der Waals surface area contributed by atoms with Crippen LogP contribution in [0.15, 0.2) is 28.8 Å². The van der Waals surface area contributed by atoms with Crippen molar-refractivity contribution < 1.29 is 9.63 Å². The fourth-order valence-corrected chi connectivity index (χ4v) is 2.21. The molecule has 5 nitrogen and oxygen atoms in total. The standard InChI is InChI=1S/C14H18ClN3O2/c1-14(2,19)9-18(3)8-12-16-13(20-17-12)10-5-4-6-11(15)7-10/h4-7,19H,8-9H2,1-3H3. The van der Waals surface area contributed by atoms with E-state index in [1.54, 1.807) is 26.0 Å². The van der Waals surface area contributed by atoms with Crippen molar-refractivity contribution in [2.24, 2.45) is 0 Å². The Morgan fingerprint density at radius 1 is 1.40 bits per heavy atom. The summed E-state index contributed by atoms with van der Waals surface area (Å²) in [7, 11) is 1.90. The first-order valence-corrected chi connectivity index (χ1v) is 6.71. The molecule has 0 bridgehead atoms. The molecule has 0 saturated heterocycles. The molecule has 0 spiro atoms. The molecule has 0 aliphatic rings. The van der Waals surface area contributed by atoms with Gasteiger partial charge in [0, 0.05) is 17.1 Å². The number of halogens is 1. The van der Waals surface area contributed by atoms with Gasteiger partial charge in [0.1, 0.15) is 0 Å². The monoisotopic (exact) mass is 295 g/mol. The van der Waals surface area contributed by atoms with Gasteiger partial charge < -0.3 is 9.63 Å². The molecule has 0 atom stereocenters. The average Bonchev–Trinajstić information content (AvgIpc) is 2.74. The number of aliphatic hydroxyl groups is 1. The summed E-state index contributed by atoms with van der Waals surface area (Å²) in [5, 5.41) is 14.3. The quantitative estimate of drug-likeness (QED) is 0.918. The van der Waals surface area contributed by atoms with Crippen LogP contribution in [0.5, 0.6) is 0 Å². The Balaban J connectivity index is 2.06. The number of likely N-dealkylation sites (N-methyl/N-ethyl adjacent to an activating group) is 1. The second-order valence-corrected chi connectivity index (χ2v) is 5.95. The zero-order valence-electron chi connectivity index (χ0n) is 11.8. The summed E-state index contributed by atoms with van der Waals surface area (Å²) in [6, 6.07) is 7.27. The average molecular weight is 296 g/mol. The molecule has 1 aromatic carbocycles. The van der Waals surface area contributed by atoms with Gasteiger partial charge in [-0.1, -0.05) is 22.8 Å². The largest absolute Gasteiger partial charge is 0.389 e. The van der Waals surface area contributed by atoms with E-state index in [0.29, 0.717) is 29.8 Å². The van der Waals surface area contributed by atoms with Gasteiger partial charge in [-0.25, -0.2) is 0 Å². The van der Waals surface area contributed by atoms with Crippen molar-refractivity contribution in [1.82, 2.24) is 15.0 Å². The van der Waals surface area contributed by atoms with E-state index in [1.807, 2.05) is 24.1 Å². The van der Waals surface area contributed by atoms with Crippen molar-refractivity contribution in [3.63, 3.8) is 0 Å². The molecule has 0 fully saturated rings. The molecule has 0 saturated carbocycles. The molecule has 20 heavy (non-hydrogen) atoms. The smallest absolute Gasteiger partial charge is 0.258 e. The highest BCUT2D eigenvalue weighted by molar-refractivity contribution is 6.30. The summed E-state index contributed by atoms with van der Waals surface area (Å²) in [4.78, 5) is 6.27. The fraction of sp³-hybridized carbons (Fsp3) is 0.429. The van der Waals surface area contributed by atoms with Crippen LogP contribution in [0.3, 0.4) is 0 Å². The maximum Gasteiger partial charge on any atom is 0.258 e. The molecule has 6 heteroatoms. The zero-order valence-corrected chi connectivity index (χ0v) is 12.6. The lowest BCUT2D eigenvalue weighted by Crippen LogP contribution is -2.36. The van der Waals surface area contributed by atoms with Gasteiger partial charge in [0.25, 0.3) is 5.89 Å². The second-order valence-electron chi connectivity index (χ2n) is 5.51. The van der Waals surface area contributed by atoms with Crippen LogP contribution in [-0.4, -0.2) is 39.3 Å². The molecule has 0 radical (unpaired) electrons. The zero-order chi connectivity index (χ0) is 14.8. The van der Waals surface area contributed by atoms with Crippen LogP contribution in [-0.2, 0) is 6.54 Å².